The Morgan fingerprint density at radius 1 is 1.20 bits per heavy atom. The Morgan fingerprint density at radius 2 is 1.60 bits per heavy atom. The molecule has 0 aliphatic heterocycles. The van der Waals surface area contributed by atoms with Gasteiger partial charge in [0.25, 0.3) is 0 Å². The molecule has 0 unspecified atom stereocenters. The molecule has 32 valence electrons. The van der Waals surface area contributed by atoms with Crippen LogP contribution in [0.25, 0.3) is 0 Å². The van der Waals surface area contributed by atoms with Crippen LogP contribution in [0.2, 0.25) is 0 Å². The summed E-state index contributed by atoms with van der Waals surface area (Å²) in [4.78, 5) is 0. The smallest absolute Gasteiger partial charge is 0.0523 e. The molecule has 5 heavy (non-hydrogen) atoms. The van der Waals surface area contributed by atoms with Gasteiger partial charge in [-0.15, -0.1) is 0 Å². The van der Waals surface area contributed by atoms with E-state index >= 15 is 0 Å². The number of rotatable bonds is 2. The van der Waals surface area contributed by atoms with Crippen LogP contribution in [0.1, 0.15) is 0 Å². The van der Waals surface area contributed by atoms with Crippen LogP contribution >= 0.6 is 31.9 Å². The van der Waals surface area contributed by atoms with E-state index in [0.717, 1.165) is 10.9 Å². The first-order chi connectivity index (χ1) is 2.41. The van der Waals surface area contributed by atoms with Gasteiger partial charge in [0.1, 0.15) is 0 Å². The molecule has 0 aliphatic rings. The Labute approximate surface area is 48.4 Å². The normalized spacial score (nSPS) is 8.40. The average Bonchev–Trinajstić information content (AvgIpc) is 1.41. The minimum atomic E-state index is 0.859. The first-order valence-electron chi connectivity index (χ1n) is 1.24. The van der Waals surface area contributed by atoms with Crippen LogP contribution < -0.4 is 5.32 Å². The lowest BCUT2D eigenvalue weighted by atomic mass is 11.3. The van der Waals surface area contributed by atoms with Gasteiger partial charge in [0.15, 0.2) is 0 Å². The van der Waals surface area contributed by atoms with E-state index in [1.54, 1.807) is 0 Å². The molecule has 0 fully saturated rings. The van der Waals surface area contributed by atoms with E-state index in [1.165, 1.54) is 0 Å². The van der Waals surface area contributed by atoms with Crippen LogP contribution in [0.3, 0.4) is 0 Å². The summed E-state index contributed by atoms with van der Waals surface area (Å²) in [5.41, 5.74) is 1.72. The van der Waals surface area contributed by atoms with E-state index in [-0.39, 0.29) is 0 Å². The molecule has 1 nitrogen and oxygen atoms in total. The van der Waals surface area contributed by atoms with Gasteiger partial charge in [-0.25, -0.2) is 0 Å². The fourth-order valence-corrected chi connectivity index (χ4v) is 0.964. The number of hydrogen-bond acceptors (Lipinski definition) is 1. The van der Waals surface area contributed by atoms with E-state index in [9.17, 15) is 0 Å². The van der Waals surface area contributed by atoms with Gasteiger partial charge >= 0.3 is 0 Å². The highest BCUT2D eigenvalue weighted by atomic mass is 79.9. The second-order valence-electron chi connectivity index (χ2n) is 0.517. The average molecular weight is 203 g/mol. The maximum Gasteiger partial charge on any atom is 0.0523 e. The molecule has 0 spiro atoms. The van der Waals surface area contributed by atoms with Crippen molar-refractivity contribution in [2.75, 3.05) is 10.9 Å². The summed E-state index contributed by atoms with van der Waals surface area (Å²) in [6, 6.07) is 0. The Morgan fingerprint density at radius 3 is 1.60 bits per heavy atom. The lowest BCUT2D eigenvalue weighted by Crippen LogP contribution is -2.05. The Hall–Kier alpha value is 0.920. The van der Waals surface area contributed by atoms with Crippen LogP contribution in [-0.2, 0) is 0 Å². The molecular formula is C2H5Br2N. The number of alkyl halides is 2. The molecule has 0 heterocycles. The molecule has 0 rings (SSSR count). The maximum absolute atomic E-state index is 3.17. The Balaban J connectivity index is 2.19. The molecule has 0 aromatic rings. The van der Waals surface area contributed by atoms with Crippen molar-refractivity contribution in [3.05, 3.63) is 0 Å². The molecule has 3 heteroatoms. The van der Waals surface area contributed by atoms with E-state index in [0.29, 0.717) is 0 Å². The summed E-state index contributed by atoms with van der Waals surface area (Å²) in [5, 5.41) is 2.94. The Kier molecular flexibility index (Phi) is 5.83. The van der Waals surface area contributed by atoms with Gasteiger partial charge < -0.3 is 0 Å². The summed E-state index contributed by atoms with van der Waals surface area (Å²) in [5.74, 6) is 0. The van der Waals surface area contributed by atoms with Crippen LogP contribution in [0.15, 0.2) is 0 Å². The Bertz CT molecular complexity index is 15.1. The molecule has 0 aliphatic carbocycles. The highest BCUT2D eigenvalue weighted by Gasteiger charge is 1.66. The van der Waals surface area contributed by atoms with Crippen molar-refractivity contribution >= 4 is 31.9 Å². The maximum atomic E-state index is 3.17. The number of halogens is 2. The lowest BCUT2D eigenvalue weighted by molar-refractivity contribution is 0.968. The van der Waals surface area contributed by atoms with Crippen molar-refractivity contribution in [1.82, 2.24) is 5.32 Å². The zero-order valence-corrected chi connectivity index (χ0v) is 5.84. The fraction of sp³-hybridized carbons (Fsp3) is 1.00. The largest absolute Gasteiger partial charge is 0.298 e. The summed E-state index contributed by atoms with van der Waals surface area (Å²) < 4.78 is 0. The minimum absolute atomic E-state index is 0.859. The van der Waals surface area contributed by atoms with E-state index in [2.05, 4.69) is 37.2 Å². The topological polar surface area (TPSA) is 12.0 Å². The zero-order chi connectivity index (χ0) is 4.12. The predicted molar refractivity (Wildman–Crippen MR) is 30.7 cm³/mol. The van der Waals surface area contributed by atoms with Gasteiger partial charge in [-0.3, -0.25) is 5.32 Å². The van der Waals surface area contributed by atoms with Gasteiger partial charge in [-0.05, 0) is 0 Å². The predicted octanol–water partition coefficient (Wildman–Crippen LogP) is 1.28. The van der Waals surface area contributed by atoms with Gasteiger partial charge in [0, 0.05) is 0 Å². The van der Waals surface area contributed by atoms with Gasteiger partial charge in [0.05, 0.1) is 10.9 Å². The lowest BCUT2D eigenvalue weighted by Gasteiger charge is -1.83. The first kappa shape index (κ1) is 5.92. The fourth-order valence-electron chi connectivity index (χ4n) is 0.0357. The highest BCUT2D eigenvalue weighted by molar-refractivity contribution is 9.09. The van der Waals surface area contributed by atoms with Crippen LogP contribution in [0.5, 0.6) is 0 Å². The molecule has 0 saturated heterocycles. The third-order valence-corrected chi connectivity index (χ3v) is 0.982. The van der Waals surface area contributed by atoms with Gasteiger partial charge in [-0.2, -0.15) is 0 Å². The van der Waals surface area contributed by atoms with E-state index < -0.39 is 0 Å². The first-order valence-corrected chi connectivity index (χ1v) is 3.48. The summed E-state index contributed by atoms with van der Waals surface area (Å²) >= 11 is 6.34. The van der Waals surface area contributed by atoms with Crippen molar-refractivity contribution in [2.24, 2.45) is 0 Å². The summed E-state index contributed by atoms with van der Waals surface area (Å²) in [6.45, 7) is 0. The second kappa shape index (κ2) is 4.92. The second-order valence-corrected chi connectivity index (χ2v) is 1.64. The van der Waals surface area contributed by atoms with Crippen molar-refractivity contribution < 1.29 is 0 Å². The SMILES string of the molecule is BrCNCBr. The van der Waals surface area contributed by atoms with Crippen molar-refractivity contribution in [1.29, 1.82) is 0 Å². The third-order valence-electron chi connectivity index (χ3n) is 0.189. The monoisotopic (exact) mass is 201 g/mol. The number of nitrogens with one attached hydrogen (secondary N) is 1. The quantitative estimate of drug-likeness (QED) is 0.526. The molecular weight excluding hydrogens is 198 g/mol. The van der Waals surface area contributed by atoms with Crippen LogP contribution in [0, 0.1) is 0 Å². The zero-order valence-electron chi connectivity index (χ0n) is 2.67. The molecule has 0 aromatic heterocycles. The van der Waals surface area contributed by atoms with E-state index in [1.807, 2.05) is 0 Å². The molecule has 1 N–H and O–H groups in total. The standard InChI is InChI=1S/C2H5Br2N/c3-1-5-2-4/h5H,1-2H2. The van der Waals surface area contributed by atoms with Crippen molar-refractivity contribution in [3.8, 4) is 0 Å². The van der Waals surface area contributed by atoms with Gasteiger partial charge in [0.2, 0.25) is 0 Å². The molecule has 0 radical (unpaired) electrons. The van der Waals surface area contributed by atoms with Crippen LogP contribution in [-0.4, -0.2) is 10.9 Å². The van der Waals surface area contributed by atoms with Crippen molar-refractivity contribution in [3.63, 3.8) is 0 Å². The molecule has 0 aromatic carbocycles. The van der Waals surface area contributed by atoms with Crippen LogP contribution in [0.4, 0.5) is 0 Å². The van der Waals surface area contributed by atoms with Crippen molar-refractivity contribution in [2.45, 2.75) is 0 Å². The molecule has 0 saturated carbocycles. The molecule has 0 bridgehead atoms. The molecule has 0 atom stereocenters. The number of hydrogen-bond donors (Lipinski definition) is 1. The van der Waals surface area contributed by atoms with Gasteiger partial charge in [-0.1, -0.05) is 31.9 Å². The minimum Gasteiger partial charge on any atom is -0.298 e. The summed E-state index contributed by atoms with van der Waals surface area (Å²) in [6.07, 6.45) is 0. The summed E-state index contributed by atoms with van der Waals surface area (Å²) in [7, 11) is 0. The highest BCUT2D eigenvalue weighted by Crippen LogP contribution is 1.74. The third kappa shape index (κ3) is 4.92. The van der Waals surface area contributed by atoms with E-state index in [4.69, 9.17) is 0 Å². The molecule has 0 amide bonds.